The van der Waals surface area contributed by atoms with Gasteiger partial charge >= 0.3 is 0 Å². The molecule has 1 aromatic carbocycles. The van der Waals surface area contributed by atoms with Gasteiger partial charge in [-0.2, -0.15) is 0 Å². The van der Waals surface area contributed by atoms with Crippen molar-refractivity contribution in [2.24, 2.45) is 0 Å². The number of ether oxygens (including phenoxy) is 3. The normalized spacial score (nSPS) is 26.3. The molecule has 0 aliphatic carbocycles. The van der Waals surface area contributed by atoms with Gasteiger partial charge in [0.2, 0.25) is 0 Å². The molecule has 3 aromatic heterocycles. The summed E-state index contributed by atoms with van der Waals surface area (Å²) in [6.45, 7) is 5.95. The number of pyridine rings is 1. The summed E-state index contributed by atoms with van der Waals surface area (Å²) in [6, 6.07) is 10.5. The number of rotatable bonds is 4. The van der Waals surface area contributed by atoms with Gasteiger partial charge in [-0.3, -0.25) is 4.98 Å². The van der Waals surface area contributed by atoms with Crippen molar-refractivity contribution >= 4 is 33.5 Å². The molecule has 4 atom stereocenters. The van der Waals surface area contributed by atoms with Gasteiger partial charge in [-0.1, -0.05) is 23.7 Å². The number of hydrogen-bond donors (Lipinski definition) is 0. The van der Waals surface area contributed by atoms with Crippen molar-refractivity contribution in [2.75, 3.05) is 0 Å². The first kappa shape index (κ1) is 21.0. The van der Waals surface area contributed by atoms with Crippen molar-refractivity contribution in [2.45, 2.75) is 63.9 Å². The Bertz CT molecular complexity index is 1350. The van der Waals surface area contributed by atoms with Gasteiger partial charge < -0.3 is 18.8 Å². The molecular formula is C25H25ClN4O3. The monoisotopic (exact) mass is 464 g/mol. The highest BCUT2D eigenvalue weighted by Crippen LogP contribution is 2.45. The molecule has 0 amide bonds. The number of benzene rings is 1. The van der Waals surface area contributed by atoms with Crippen molar-refractivity contribution in [1.82, 2.24) is 19.5 Å². The zero-order valence-corrected chi connectivity index (χ0v) is 19.5. The van der Waals surface area contributed by atoms with Crippen LogP contribution in [0.4, 0.5) is 0 Å². The van der Waals surface area contributed by atoms with Crippen LogP contribution in [0, 0.1) is 6.92 Å². The van der Waals surface area contributed by atoms with Gasteiger partial charge in [0.25, 0.3) is 0 Å². The van der Waals surface area contributed by atoms with Crippen LogP contribution in [0.5, 0.6) is 0 Å². The second kappa shape index (κ2) is 7.74. The van der Waals surface area contributed by atoms with E-state index in [9.17, 15) is 0 Å². The minimum absolute atomic E-state index is 0.113. The summed E-state index contributed by atoms with van der Waals surface area (Å²) >= 11 is 6.26. The van der Waals surface area contributed by atoms with Crippen molar-refractivity contribution < 1.29 is 14.2 Å². The third-order valence-electron chi connectivity index (χ3n) is 6.46. The maximum Gasteiger partial charge on any atom is 0.164 e. The molecule has 4 aromatic rings. The number of hydrogen-bond acceptors (Lipinski definition) is 6. The summed E-state index contributed by atoms with van der Waals surface area (Å²) in [5.41, 5.74) is 4.13. The van der Waals surface area contributed by atoms with E-state index < -0.39 is 5.79 Å². The lowest BCUT2D eigenvalue weighted by Crippen LogP contribution is -2.29. The quantitative estimate of drug-likeness (QED) is 0.396. The third-order valence-corrected chi connectivity index (χ3v) is 6.76. The Morgan fingerprint density at radius 3 is 2.79 bits per heavy atom. The predicted molar refractivity (Wildman–Crippen MR) is 125 cm³/mol. The summed E-state index contributed by atoms with van der Waals surface area (Å²) in [5, 5.41) is 2.37. The van der Waals surface area contributed by atoms with Crippen LogP contribution in [0.1, 0.15) is 37.6 Å². The van der Waals surface area contributed by atoms with E-state index in [0.29, 0.717) is 5.15 Å². The molecular weight excluding hydrogens is 440 g/mol. The summed E-state index contributed by atoms with van der Waals surface area (Å²) < 4.78 is 21.1. The number of nitrogens with zero attached hydrogens (tertiary/aromatic N) is 4. The molecule has 0 spiro atoms. The van der Waals surface area contributed by atoms with E-state index in [4.69, 9.17) is 25.8 Å². The number of aryl methyl sites for hydroxylation is 2. The molecule has 0 unspecified atom stereocenters. The van der Waals surface area contributed by atoms with Crippen LogP contribution in [-0.2, 0) is 20.6 Å². The molecule has 6 rings (SSSR count). The fourth-order valence-corrected chi connectivity index (χ4v) is 5.19. The van der Waals surface area contributed by atoms with Gasteiger partial charge in [-0.15, -0.1) is 0 Å². The van der Waals surface area contributed by atoms with E-state index in [1.54, 1.807) is 0 Å². The van der Waals surface area contributed by atoms with Crippen molar-refractivity contribution in [3.05, 3.63) is 65.3 Å². The Balaban J connectivity index is 1.27. The van der Waals surface area contributed by atoms with Crippen molar-refractivity contribution in [3.8, 4) is 0 Å². The molecule has 2 saturated heterocycles. The van der Waals surface area contributed by atoms with Crippen LogP contribution in [0.3, 0.4) is 0 Å². The van der Waals surface area contributed by atoms with Gasteiger partial charge in [-0.05, 0) is 62.9 Å². The Kier molecular flexibility index (Phi) is 4.92. The molecule has 0 saturated carbocycles. The molecule has 2 aliphatic heterocycles. The highest BCUT2D eigenvalue weighted by molar-refractivity contribution is 6.33. The largest absolute Gasteiger partial charge is 0.349 e. The van der Waals surface area contributed by atoms with Gasteiger partial charge in [0, 0.05) is 17.8 Å². The second-order valence-electron chi connectivity index (χ2n) is 9.33. The van der Waals surface area contributed by atoms with Crippen LogP contribution >= 0.6 is 11.6 Å². The maximum absolute atomic E-state index is 6.53. The van der Waals surface area contributed by atoms with Gasteiger partial charge in [-0.25, -0.2) is 9.97 Å². The third kappa shape index (κ3) is 3.69. The fraction of sp³-hybridized carbons (Fsp3) is 0.400. The van der Waals surface area contributed by atoms with E-state index in [1.165, 1.54) is 11.9 Å². The first-order chi connectivity index (χ1) is 15.9. The Morgan fingerprint density at radius 2 is 1.91 bits per heavy atom. The SMILES string of the molecule is Cc1cnc2cc(CC[C@H]3O[C@@H](n4ccc5c(Cl)ncnc54)[C@@H]4OC(C)(C)O[C@@H]43)ccc2c1. The van der Waals surface area contributed by atoms with Crippen LogP contribution in [-0.4, -0.2) is 43.6 Å². The molecule has 0 N–H and O–H groups in total. The second-order valence-corrected chi connectivity index (χ2v) is 9.69. The molecule has 0 radical (unpaired) electrons. The minimum Gasteiger partial charge on any atom is -0.349 e. The minimum atomic E-state index is -0.671. The topological polar surface area (TPSA) is 71.3 Å². The maximum atomic E-state index is 6.53. The first-order valence-electron chi connectivity index (χ1n) is 11.2. The Labute approximate surface area is 196 Å². The summed E-state index contributed by atoms with van der Waals surface area (Å²) in [6.07, 6.45) is 6.10. The van der Waals surface area contributed by atoms with Crippen molar-refractivity contribution in [1.29, 1.82) is 0 Å². The predicted octanol–water partition coefficient (Wildman–Crippen LogP) is 4.99. The molecule has 5 heterocycles. The number of halogens is 1. The highest BCUT2D eigenvalue weighted by atomic mass is 35.5. The molecule has 8 heteroatoms. The summed E-state index contributed by atoms with van der Waals surface area (Å²) in [4.78, 5) is 13.1. The molecule has 2 fully saturated rings. The van der Waals surface area contributed by atoms with Gasteiger partial charge in [0.1, 0.15) is 29.3 Å². The Hall–Kier alpha value is -2.58. The van der Waals surface area contributed by atoms with Gasteiger partial charge in [0.15, 0.2) is 12.0 Å². The molecule has 33 heavy (non-hydrogen) atoms. The molecule has 7 nitrogen and oxygen atoms in total. The standard InChI is InChI=1S/C25H25ClN4O3/c1-14-10-16-6-4-15(11-18(16)27-12-14)5-7-19-20-21(33-25(2,3)32-20)24(31-19)30-9-8-17-22(26)28-13-29-23(17)30/h4,6,8-13,19-21,24H,5,7H2,1-3H3/t19-,20-,21-,24-/m1/s1. The van der Waals surface area contributed by atoms with E-state index >= 15 is 0 Å². The fourth-order valence-electron chi connectivity index (χ4n) is 5.00. The number of fused-ring (bicyclic) bond motifs is 3. The van der Waals surface area contributed by atoms with E-state index in [2.05, 4.69) is 46.1 Å². The van der Waals surface area contributed by atoms with Gasteiger partial charge in [0.05, 0.1) is 17.0 Å². The zero-order chi connectivity index (χ0) is 22.7. The lowest BCUT2D eigenvalue weighted by atomic mass is 10.0. The van der Waals surface area contributed by atoms with Crippen LogP contribution in [0.2, 0.25) is 5.15 Å². The highest BCUT2D eigenvalue weighted by Gasteiger charge is 2.55. The average molecular weight is 465 g/mol. The number of aromatic nitrogens is 4. The van der Waals surface area contributed by atoms with E-state index in [0.717, 1.165) is 40.3 Å². The molecule has 170 valence electrons. The van der Waals surface area contributed by atoms with Crippen LogP contribution < -0.4 is 0 Å². The lowest BCUT2D eigenvalue weighted by Gasteiger charge is -2.25. The first-order valence-corrected chi connectivity index (χ1v) is 11.6. The summed E-state index contributed by atoms with van der Waals surface area (Å²) in [5.74, 6) is -0.671. The Morgan fingerprint density at radius 1 is 1.06 bits per heavy atom. The van der Waals surface area contributed by atoms with E-state index in [1.807, 2.05) is 36.9 Å². The molecule has 0 bridgehead atoms. The molecule has 2 aliphatic rings. The van der Waals surface area contributed by atoms with Crippen LogP contribution in [0.25, 0.3) is 21.9 Å². The van der Waals surface area contributed by atoms with Crippen molar-refractivity contribution in [3.63, 3.8) is 0 Å². The summed E-state index contributed by atoms with van der Waals surface area (Å²) in [7, 11) is 0. The van der Waals surface area contributed by atoms with Crippen LogP contribution in [0.15, 0.2) is 49.1 Å². The average Bonchev–Trinajstić information content (AvgIpc) is 3.44. The zero-order valence-electron chi connectivity index (χ0n) is 18.7. The van der Waals surface area contributed by atoms with E-state index in [-0.39, 0.29) is 24.5 Å². The smallest absolute Gasteiger partial charge is 0.164 e. The lowest BCUT2D eigenvalue weighted by molar-refractivity contribution is -0.196.